The molecule has 2 amide bonds. The molecule has 1 aromatic rings. The Balaban J connectivity index is 1.65. The molecule has 4 saturated heterocycles. The molecule has 0 spiro atoms. The molecule has 4 aliphatic heterocycles. The van der Waals surface area contributed by atoms with E-state index < -0.39 is 106 Å². The number of likely N-dealkylation sites (N-methyl/N-ethyl adjacent to an activating group) is 1. The predicted molar refractivity (Wildman–Crippen MR) is 207 cm³/mol. The van der Waals surface area contributed by atoms with Crippen LogP contribution in [0.25, 0.3) is 0 Å². The van der Waals surface area contributed by atoms with E-state index in [4.69, 9.17) is 28.4 Å². The summed E-state index contributed by atoms with van der Waals surface area (Å²) in [4.78, 5) is 61.4. The monoisotopic (exact) mass is 839 g/mol. The third-order valence-corrected chi connectivity index (χ3v) is 13.6. The van der Waals surface area contributed by atoms with Crippen molar-refractivity contribution in [3.05, 3.63) is 24.4 Å². The van der Waals surface area contributed by atoms with Gasteiger partial charge in [0.15, 0.2) is 16.9 Å². The van der Waals surface area contributed by atoms with E-state index in [1.54, 1.807) is 54.5 Å². The summed E-state index contributed by atoms with van der Waals surface area (Å²) in [6, 6.07) is 2.04. The van der Waals surface area contributed by atoms with Crippen molar-refractivity contribution >= 4 is 34.0 Å². The van der Waals surface area contributed by atoms with Gasteiger partial charge in [0.1, 0.15) is 29.7 Å². The molecule has 2 bridgehead atoms. The van der Waals surface area contributed by atoms with Gasteiger partial charge < -0.3 is 49.1 Å². The van der Waals surface area contributed by atoms with E-state index in [-0.39, 0.29) is 48.9 Å². The van der Waals surface area contributed by atoms with Crippen molar-refractivity contribution in [2.24, 2.45) is 23.7 Å². The highest BCUT2D eigenvalue weighted by Crippen LogP contribution is 2.42. The first-order valence-electron chi connectivity index (χ1n) is 20.0. The van der Waals surface area contributed by atoms with Crippen molar-refractivity contribution in [3.63, 3.8) is 0 Å². The van der Waals surface area contributed by atoms with E-state index in [1.807, 2.05) is 25.9 Å². The number of aliphatic hydroxyl groups is 1. The standard InChI is InChI=1S/C39H61N5O13S/c1-11-27-39(8)32(42-37(49)57-39)22(4)29(45)20(2)17-38(7)33(55-35-30(46)26(44(9)10)16-21(3)53-35)23(5)31(24(6)34(47)54-27)52-19-25(18-41-36(48)56-38)43-58(50,51)28-14-12-13-15-40-28/h12-15,20-27,30-33,35,43,46H,11,16-19H2,1-10H3,(H,41,48)(H,42,49)/t20-,21-,22+,23+,24-,25?,26+,27-,30-,31+,32+,33-,35+,38-,39-/m1/s1. The number of pyridine rings is 1. The maximum absolute atomic E-state index is 14.5. The Morgan fingerprint density at radius 1 is 1.03 bits per heavy atom. The zero-order chi connectivity index (χ0) is 42.9. The summed E-state index contributed by atoms with van der Waals surface area (Å²) in [6.07, 6.45) is -5.90. The molecule has 1 aromatic heterocycles. The number of carbonyl (C=O) groups excluding carboxylic acids is 4. The molecule has 18 nitrogen and oxygen atoms in total. The minimum Gasteiger partial charge on any atom is -0.458 e. The summed E-state index contributed by atoms with van der Waals surface area (Å²) in [5, 5.41) is 16.8. The lowest BCUT2D eigenvalue weighted by molar-refractivity contribution is -0.299. The highest BCUT2D eigenvalue weighted by molar-refractivity contribution is 7.89. The van der Waals surface area contributed by atoms with Crippen LogP contribution in [0, 0.1) is 23.7 Å². The number of hydrogen-bond donors (Lipinski definition) is 4. The molecule has 0 radical (unpaired) electrons. The number of aromatic nitrogens is 1. The largest absolute Gasteiger partial charge is 0.458 e. The highest BCUT2D eigenvalue weighted by atomic mass is 32.2. The van der Waals surface area contributed by atoms with Gasteiger partial charge in [0.05, 0.1) is 36.8 Å². The Bertz CT molecular complexity index is 1760. The molecule has 4 N–H and O–H groups in total. The summed E-state index contributed by atoms with van der Waals surface area (Å²) in [6.45, 7) is 12.9. The fourth-order valence-electron chi connectivity index (χ4n) is 9.12. The molecule has 0 aliphatic carbocycles. The van der Waals surface area contributed by atoms with E-state index >= 15 is 0 Å². The minimum atomic E-state index is -4.23. The molecule has 0 saturated carbocycles. The number of sulfonamides is 1. The van der Waals surface area contributed by atoms with E-state index in [9.17, 15) is 32.7 Å². The number of alkyl carbamates (subject to hydrolysis) is 2. The molecule has 4 aliphatic rings. The number of cyclic esters (lactones) is 1. The lowest BCUT2D eigenvalue weighted by Gasteiger charge is -2.48. The number of hydrogen-bond acceptors (Lipinski definition) is 15. The van der Waals surface area contributed by atoms with Gasteiger partial charge in [-0.15, -0.1) is 0 Å². The topological polar surface area (TPSA) is 230 Å². The zero-order valence-corrected chi connectivity index (χ0v) is 35.8. The molecule has 19 heteroatoms. The number of Topliss-reactive ketones (excluding diaryl/α,β-unsaturated/α-hetero) is 1. The van der Waals surface area contributed by atoms with Gasteiger partial charge in [0.25, 0.3) is 10.0 Å². The van der Waals surface area contributed by atoms with E-state index in [0.29, 0.717) is 6.42 Å². The summed E-state index contributed by atoms with van der Waals surface area (Å²) in [5.74, 6) is -4.70. The third-order valence-electron chi connectivity index (χ3n) is 12.2. The summed E-state index contributed by atoms with van der Waals surface area (Å²) in [5.41, 5.74) is -3.14. The number of ether oxygens (including phenoxy) is 6. The molecular weight excluding hydrogens is 779 g/mol. The smallest absolute Gasteiger partial charge is 0.408 e. The van der Waals surface area contributed by atoms with Gasteiger partial charge in [-0.1, -0.05) is 33.8 Å². The summed E-state index contributed by atoms with van der Waals surface area (Å²) in [7, 11) is -0.568. The molecule has 0 aromatic carbocycles. The van der Waals surface area contributed by atoms with Crippen LogP contribution in [0.5, 0.6) is 0 Å². The zero-order valence-electron chi connectivity index (χ0n) is 35.0. The van der Waals surface area contributed by atoms with Crippen LogP contribution in [-0.2, 0) is 48.0 Å². The van der Waals surface area contributed by atoms with Gasteiger partial charge in [0.2, 0.25) is 0 Å². The van der Waals surface area contributed by atoms with Crippen LogP contribution >= 0.6 is 0 Å². The average Bonchev–Trinajstić information content (AvgIpc) is 3.47. The first-order valence-corrected chi connectivity index (χ1v) is 21.5. The number of carbonyl (C=O) groups is 4. The van der Waals surface area contributed by atoms with Gasteiger partial charge in [-0.3, -0.25) is 9.59 Å². The van der Waals surface area contributed by atoms with Crippen molar-refractivity contribution in [2.45, 2.75) is 146 Å². The average molecular weight is 840 g/mol. The Hall–Kier alpha value is -3.46. The lowest BCUT2D eigenvalue weighted by Crippen LogP contribution is -2.61. The number of esters is 1. The van der Waals surface area contributed by atoms with Crippen LogP contribution in [0.15, 0.2) is 29.4 Å². The van der Waals surface area contributed by atoms with Crippen molar-refractivity contribution in [1.82, 2.24) is 25.2 Å². The van der Waals surface area contributed by atoms with Crippen molar-refractivity contribution in [2.75, 3.05) is 27.2 Å². The van der Waals surface area contributed by atoms with Gasteiger partial charge in [-0.25, -0.2) is 27.7 Å². The maximum Gasteiger partial charge on any atom is 0.408 e. The Morgan fingerprint density at radius 2 is 1.74 bits per heavy atom. The fourth-order valence-corrected chi connectivity index (χ4v) is 10.3. The quantitative estimate of drug-likeness (QED) is 0.228. The van der Waals surface area contributed by atoms with E-state index in [1.165, 1.54) is 18.3 Å². The van der Waals surface area contributed by atoms with Crippen LogP contribution in [-0.4, -0.2) is 141 Å². The van der Waals surface area contributed by atoms with Crippen LogP contribution in [0.2, 0.25) is 0 Å². The second kappa shape index (κ2) is 18.0. The number of aliphatic hydroxyl groups excluding tert-OH is 1. The second-order valence-corrected chi connectivity index (χ2v) is 18.6. The van der Waals surface area contributed by atoms with Crippen LogP contribution in [0.3, 0.4) is 0 Å². The van der Waals surface area contributed by atoms with Crippen LogP contribution in [0.4, 0.5) is 9.59 Å². The molecule has 15 atom stereocenters. The molecule has 58 heavy (non-hydrogen) atoms. The Morgan fingerprint density at radius 3 is 2.38 bits per heavy atom. The molecule has 5 heterocycles. The fraction of sp³-hybridized carbons (Fsp3) is 0.769. The normalized spacial score (nSPS) is 40.9. The molecule has 4 fully saturated rings. The maximum atomic E-state index is 14.5. The SMILES string of the molecule is CC[C@H]1OC(=O)[C@H](C)[C@H]2OCC(NS(=O)(=O)c3ccccn3)CNC(=O)O[C@](C)(C[C@@H](C)C(=O)[C@H](C)[C@@H]3NC(=O)O[C@]13C)[C@H](O[C@@H]1O[C@H](C)C[C@H](N(C)C)[C@H]1O)[C@H]2C. The summed E-state index contributed by atoms with van der Waals surface area (Å²) >= 11 is 0. The number of rotatable bonds is 7. The number of nitrogens with one attached hydrogen (secondary N) is 3. The second-order valence-electron chi connectivity index (χ2n) is 17.0. The number of ketones is 1. The minimum absolute atomic E-state index is 0.120. The highest BCUT2D eigenvalue weighted by Gasteiger charge is 2.58. The first-order chi connectivity index (χ1) is 27.1. The van der Waals surface area contributed by atoms with Gasteiger partial charge in [-0.2, -0.15) is 0 Å². The first kappa shape index (κ1) is 45.6. The molecule has 5 rings (SSSR count). The molecule has 1 unspecified atom stereocenters. The number of nitrogens with zero attached hydrogens (tertiary/aromatic N) is 2. The van der Waals surface area contributed by atoms with Gasteiger partial charge >= 0.3 is 18.2 Å². The van der Waals surface area contributed by atoms with Gasteiger partial charge in [0, 0.05) is 36.5 Å². The van der Waals surface area contributed by atoms with Crippen LogP contribution < -0.4 is 15.4 Å². The van der Waals surface area contributed by atoms with Crippen molar-refractivity contribution in [1.29, 1.82) is 0 Å². The number of amides is 2. The number of fused-ring (bicyclic) bond motifs is 4. The van der Waals surface area contributed by atoms with Gasteiger partial charge in [-0.05, 0) is 73.2 Å². The third kappa shape index (κ3) is 9.61. The molecular formula is C39H61N5O13S. The Labute approximate surface area is 340 Å². The Kier molecular flexibility index (Phi) is 14.2. The predicted octanol–water partition coefficient (Wildman–Crippen LogP) is 2.13. The van der Waals surface area contributed by atoms with Crippen molar-refractivity contribution in [3.8, 4) is 0 Å². The van der Waals surface area contributed by atoms with E-state index in [2.05, 4.69) is 20.3 Å². The lowest BCUT2D eigenvalue weighted by atomic mass is 9.73. The summed E-state index contributed by atoms with van der Waals surface area (Å²) < 4.78 is 67.3. The van der Waals surface area contributed by atoms with E-state index in [0.717, 1.165) is 0 Å². The van der Waals surface area contributed by atoms with Crippen LogP contribution in [0.1, 0.15) is 74.7 Å². The van der Waals surface area contributed by atoms with Crippen molar-refractivity contribution < 1.29 is 61.1 Å². The molecule has 326 valence electrons.